The van der Waals surface area contributed by atoms with E-state index in [0.717, 1.165) is 11.1 Å². The van der Waals surface area contributed by atoms with Crippen molar-refractivity contribution in [1.82, 2.24) is 4.98 Å². The molecule has 2 rings (SSSR count). The number of nitrogen functional groups attached to an aromatic ring is 1. The lowest BCUT2D eigenvalue weighted by molar-refractivity contribution is 0.100. The highest BCUT2D eigenvalue weighted by molar-refractivity contribution is 6.33. The van der Waals surface area contributed by atoms with E-state index in [4.69, 9.17) is 23.1 Å². The fraction of sp³-hybridized carbons (Fsp3) is 0. The number of nitrogens with two attached hydrogens (primary N) is 2. The van der Waals surface area contributed by atoms with Gasteiger partial charge in [0.05, 0.1) is 5.02 Å². The molecule has 0 aliphatic carbocycles. The van der Waals surface area contributed by atoms with Crippen molar-refractivity contribution < 1.29 is 4.79 Å². The number of nitrogens with zero attached hydrogens (tertiary/aromatic N) is 1. The lowest BCUT2D eigenvalue weighted by Crippen LogP contribution is -2.10. The molecule has 0 saturated carbocycles. The number of rotatable bonds is 2. The zero-order valence-corrected chi connectivity index (χ0v) is 9.61. The van der Waals surface area contributed by atoms with Gasteiger partial charge in [-0.2, -0.15) is 0 Å². The summed E-state index contributed by atoms with van der Waals surface area (Å²) in [6, 6.07) is 8.60. The van der Waals surface area contributed by atoms with E-state index in [1.807, 2.05) is 0 Å². The average molecular weight is 248 g/mol. The number of hydrogen-bond acceptors (Lipinski definition) is 3. The second-order valence-electron chi connectivity index (χ2n) is 3.53. The van der Waals surface area contributed by atoms with Gasteiger partial charge in [-0.1, -0.05) is 23.7 Å². The Labute approximate surface area is 103 Å². The summed E-state index contributed by atoms with van der Waals surface area (Å²) in [6.07, 6.45) is 1.63. The van der Waals surface area contributed by atoms with E-state index in [2.05, 4.69) is 4.98 Å². The lowest BCUT2D eigenvalue weighted by Gasteiger charge is -2.04. The summed E-state index contributed by atoms with van der Waals surface area (Å²) in [4.78, 5) is 14.9. The maximum atomic E-state index is 10.9. The second kappa shape index (κ2) is 4.43. The van der Waals surface area contributed by atoms with Crippen molar-refractivity contribution in [1.29, 1.82) is 0 Å². The molecule has 0 unspecified atom stereocenters. The van der Waals surface area contributed by atoms with Crippen LogP contribution >= 0.6 is 11.6 Å². The van der Waals surface area contributed by atoms with Crippen LogP contribution in [0.5, 0.6) is 0 Å². The zero-order valence-electron chi connectivity index (χ0n) is 8.85. The predicted molar refractivity (Wildman–Crippen MR) is 67.6 cm³/mol. The van der Waals surface area contributed by atoms with Crippen LogP contribution in [-0.2, 0) is 0 Å². The molecule has 0 atom stereocenters. The Bertz CT molecular complexity index is 566. The molecule has 17 heavy (non-hydrogen) atoms. The van der Waals surface area contributed by atoms with Gasteiger partial charge in [0.2, 0.25) is 5.91 Å². The molecule has 0 bridgehead atoms. The van der Waals surface area contributed by atoms with Gasteiger partial charge in [-0.25, -0.2) is 4.98 Å². The van der Waals surface area contributed by atoms with Gasteiger partial charge in [-0.3, -0.25) is 4.79 Å². The Hall–Kier alpha value is -2.07. The molecule has 0 spiro atoms. The molecule has 4 N–H and O–H groups in total. The van der Waals surface area contributed by atoms with Crippen LogP contribution in [0.4, 0.5) is 5.82 Å². The van der Waals surface area contributed by atoms with Crippen LogP contribution in [0.3, 0.4) is 0 Å². The molecule has 1 heterocycles. The fourth-order valence-corrected chi connectivity index (χ4v) is 1.60. The smallest absolute Gasteiger partial charge is 0.248 e. The van der Waals surface area contributed by atoms with Crippen molar-refractivity contribution in [3.05, 3.63) is 47.1 Å². The number of benzene rings is 1. The molecule has 1 aromatic heterocycles. The maximum absolute atomic E-state index is 10.9. The molecule has 0 aliphatic heterocycles. The van der Waals surface area contributed by atoms with E-state index in [9.17, 15) is 4.79 Å². The average Bonchev–Trinajstić information content (AvgIpc) is 2.33. The number of hydrogen-bond donors (Lipinski definition) is 2. The van der Waals surface area contributed by atoms with Crippen LogP contribution in [-0.4, -0.2) is 10.9 Å². The van der Waals surface area contributed by atoms with Gasteiger partial charge in [0.15, 0.2) is 0 Å². The minimum Gasteiger partial charge on any atom is -0.382 e. The minimum absolute atomic E-state index is 0.296. The third-order valence-corrected chi connectivity index (χ3v) is 2.68. The molecule has 1 amide bonds. The van der Waals surface area contributed by atoms with E-state index in [-0.39, 0.29) is 0 Å². The predicted octanol–water partition coefficient (Wildman–Crippen LogP) is 2.08. The van der Waals surface area contributed by atoms with E-state index in [1.165, 1.54) is 0 Å². The molecule has 0 saturated heterocycles. The topological polar surface area (TPSA) is 82.0 Å². The number of pyridine rings is 1. The molecular weight excluding hydrogens is 238 g/mol. The van der Waals surface area contributed by atoms with Crippen molar-refractivity contribution in [2.75, 3.05) is 5.73 Å². The molecule has 0 radical (unpaired) electrons. The molecule has 2 aromatic rings. The van der Waals surface area contributed by atoms with E-state index in [0.29, 0.717) is 16.4 Å². The van der Waals surface area contributed by atoms with Gasteiger partial charge in [0, 0.05) is 17.3 Å². The zero-order chi connectivity index (χ0) is 12.4. The van der Waals surface area contributed by atoms with E-state index in [1.54, 1.807) is 36.5 Å². The van der Waals surface area contributed by atoms with Crippen LogP contribution in [0.25, 0.3) is 11.1 Å². The first kappa shape index (κ1) is 11.4. The maximum Gasteiger partial charge on any atom is 0.248 e. The summed E-state index contributed by atoms with van der Waals surface area (Å²) in [5.74, 6) is -0.158. The van der Waals surface area contributed by atoms with Crippen LogP contribution in [0.2, 0.25) is 5.02 Å². The van der Waals surface area contributed by atoms with Crippen LogP contribution in [0.1, 0.15) is 10.4 Å². The highest BCUT2D eigenvalue weighted by atomic mass is 35.5. The molecular formula is C12H10ClN3O. The van der Waals surface area contributed by atoms with Gasteiger partial charge in [-0.05, 0) is 23.8 Å². The molecule has 1 aromatic carbocycles. The van der Waals surface area contributed by atoms with Crippen molar-refractivity contribution in [3.8, 4) is 11.1 Å². The summed E-state index contributed by atoms with van der Waals surface area (Å²) in [5, 5.41) is 0.404. The van der Waals surface area contributed by atoms with Gasteiger partial charge in [-0.15, -0.1) is 0 Å². The molecule has 0 aliphatic rings. The monoisotopic (exact) mass is 247 g/mol. The highest BCUT2D eigenvalue weighted by Crippen LogP contribution is 2.25. The molecule has 0 fully saturated rings. The van der Waals surface area contributed by atoms with Crippen molar-refractivity contribution >= 4 is 23.3 Å². The largest absolute Gasteiger partial charge is 0.382 e. The molecule has 4 nitrogen and oxygen atoms in total. The standard InChI is InChI=1S/C12H10ClN3O/c13-10-5-9(6-16-11(10)14)7-1-3-8(4-2-7)12(15)17/h1-6H,(H2,14,16)(H2,15,17). The number of carbonyl (C=O) groups excluding carboxylic acids is 1. The Morgan fingerprint density at radius 1 is 1.18 bits per heavy atom. The number of aromatic nitrogens is 1. The van der Waals surface area contributed by atoms with Crippen molar-refractivity contribution in [2.24, 2.45) is 5.73 Å². The Kier molecular flexibility index (Phi) is 2.97. The van der Waals surface area contributed by atoms with Crippen molar-refractivity contribution in [3.63, 3.8) is 0 Å². The Balaban J connectivity index is 2.39. The number of halogens is 1. The summed E-state index contributed by atoms with van der Waals surface area (Å²) in [5.41, 5.74) is 12.9. The quantitative estimate of drug-likeness (QED) is 0.852. The first-order valence-electron chi connectivity index (χ1n) is 4.89. The Morgan fingerprint density at radius 2 is 1.82 bits per heavy atom. The number of anilines is 1. The number of primary amides is 1. The normalized spacial score (nSPS) is 10.2. The van der Waals surface area contributed by atoms with E-state index >= 15 is 0 Å². The Morgan fingerprint density at radius 3 is 2.35 bits per heavy atom. The summed E-state index contributed by atoms with van der Waals surface area (Å²) in [7, 11) is 0. The summed E-state index contributed by atoms with van der Waals surface area (Å²) in [6.45, 7) is 0. The SMILES string of the molecule is NC(=O)c1ccc(-c2cnc(N)c(Cl)c2)cc1. The number of amides is 1. The highest BCUT2D eigenvalue weighted by Gasteiger charge is 2.04. The third kappa shape index (κ3) is 2.37. The van der Waals surface area contributed by atoms with E-state index < -0.39 is 5.91 Å². The van der Waals surface area contributed by atoms with Crippen molar-refractivity contribution in [2.45, 2.75) is 0 Å². The lowest BCUT2D eigenvalue weighted by atomic mass is 10.1. The minimum atomic E-state index is -0.454. The van der Waals surface area contributed by atoms with Gasteiger partial charge < -0.3 is 11.5 Å². The second-order valence-corrected chi connectivity index (χ2v) is 3.94. The summed E-state index contributed by atoms with van der Waals surface area (Å²) >= 11 is 5.88. The first-order valence-corrected chi connectivity index (χ1v) is 5.27. The molecule has 5 heteroatoms. The summed E-state index contributed by atoms with van der Waals surface area (Å²) < 4.78 is 0. The molecule has 86 valence electrons. The first-order chi connectivity index (χ1) is 8.08. The number of carbonyl (C=O) groups is 1. The fourth-order valence-electron chi connectivity index (χ4n) is 1.43. The van der Waals surface area contributed by atoms with Gasteiger partial charge >= 0.3 is 0 Å². The van der Waals surface area contributed by atoms with Crippen LogP contribution in [0, 0.1) is 0 Å². The van der Waals surface area contributed by atoms with Gasteiger partial charge in [0.25, 0.3) is 0 Å². The van der Waals surface area contributed by atoms with Crippen LogP contribution < -0.4 is 11.5 Å². The van der Waals surface area contributed by atoms with Gasteiger partial charge in [0.1, 0.15) is 5.82 Å². The van der Waals surface area contributed by atoms with Crippen LogP contribution in [0.15, 0.2) is 36.5 Å². The third-order valence-electron chi connectivity index (χ3n) is 2.37.